The Morgan fingerprint density at radius 1 is 1.25 bits per heavy atom. The zero-order valence-electron chi connectivity index (χ0n) is 16.5. The Labute approximate surface area is 163 Å². The van der Waals surface area contributed by atoms with Crippen LogP contribution >= 0.6 is 0 Å². The average molecular weight is 388 g/mol. The van der Waals surface area contributed by atoms with Crippen LogP contribution < -0.4 is 15.4 Å². The van der Waals surface area contributed by atoms with E-state index in [4.69, 9.17) is 9.47 Å². The summed E-state index contributed by atoms with van der Waals surface area (Å²) in [6.07, 6.45) is -0.518. The van der Waals surface area contributed by atoms with Crippen molar-refractivity contribution in [2.24, 2.45) is 0 Å². The van der Waals surface area contributed by atoms with Crippen molar-refractivity contribution in [2.75, 3.05) is 12.4 Å². The Morgan fingerprint density at radius 2 is 1.96 bits per heavy atom. The number of rotatable bonds is 6. The van der Waals surface area contributed by atoms with E-state index >= 15 is 0 Å². The molecule has 0 unspecified atom stereocenters. The number of nitro groups is 1. The van der Waals surface area contributed by atoms with Gasteiger partial charge in [-0.15, -0.1) is 0 Å². The van der Waals surface area contributed by atoms with Crippen LogP contribution in [-0.4, -0.2) is 28.7 Å². The van der Waals surface area contributed by atoms with Gasteiger partial charge in [0.25, 0.3) is 0 Å². The van der Waals surface area contributed by atoms with Crippen LogP contribution in [0.1, 0.15) is 31.9 Å². The van der Waals surface area contributed by atoms with E-state index in [0.717, 1.165) is 11.1 Å². The molecule has 150 valence electrons. The van der Waals surface area contributed by atoms with Gasteiger partial charge in [-0.25, -0.2) is 4.79 Å². The first-order valence-corrected chi connectivity index (χ1v) is 8.62. The number of nitrogens with one attached hydrogen (secondary N) is 2. The molecular formula is C19H24N4O5. The number of methoxy groups -OCH3 is 1. The minimum absolute atomic E-state index is 0.0688. The molecule has 0 bridgehead atoms. The van der Waals surface area contributed by atoms with Crippen LogP contribution in [0.25, 0.3) is 0 Å². The molecular weight excluding hydrogens is 364 g/mol. The van der Waals surface area contributed by atoms with E-state index in [2.05, 4.69) is 15.6 Å². The molecule has 9 nitrogen and oxygen atoms in total. The summed E-state index contributed by atoms with van der Waals surface area (Å²) in [6.45, 7) is 7.52. The second-order valence-electron chi connectivity index (χ2n) is 7.10. The Hall–Kier alpha value is -3.36. The monoisotopic (exact) mass is 388 g/mol. The van der Waals surface area contributed by atoms with Gasteiger partial charge in [0, 0.05) is 24.4 Å². The highest BCUT2D eigenvalue weighted by Gasteiger charge is 2.18. The quantitative estimate of drug-likeness (QED) is 0.566. The van der Waals surface area contributed by atoms with Gasteiger partial charge in [0.15, 0.2) is 0 Å². The highest BCUT2D eigenvalue weighted by molar-refractivity contribution is 5.69. The van der Waals surface area contributed by atoms with Crippen molar-refractivity contribution < 1.29 is 19.2 Å². The lowest BCUT2D eigenvalue weighted by atomic mass is 10.1. The molecule has 0 atom stereocenters. The molecule has 0 spiro atoms. The molecule has 2 rings (SSSR count). The number of carbonyl (C=O) groups excluding carboxylic acids is 1. The van der Waals surface area contributed by atoms with Gasteiger partial charge in [-0.1, -0.05) is 6.07 Å². The number of hydrogen-bond donors (Lipinski definition) is 2. The number of aryl methyl sites for hydroxylation is 1. The molecule has 0 aliphatic rings. The molecule has 0 aliphatic heterocycles. The van der Waals surface area contributed by atoms with E-state index in [9.17, 15) is 14.9 Å². The minimum Gasteiger partial charge on any atom is -0.481 e. The summed E-state index contributed by atoms with van der Waals surface area (Å²) in [7, 11) is 1.43. The highest BCUT2D eigenvalue weighted by atomic mass is 16.6. The van der Waals surface area contributed by atoms with Crippen molar-refractivity contribution in [3.8, 4) is 5.88 Å². The molecule has 0 saturated heterocycles. The second-order valence-corrected chi connectivity index (χ2v) is 7.10. The molecule has 0 saturated carbocycles. The minimum atomic E-state index is -0.584. The molecule has 0 radical (unpaired) electrons. The first kappa shape index (κ1) is 20.9. The molecule has 2 N–H and O–H groups in total. The first-order valence-electron chi connectivity index (χ1n) is 8.62. The third kappa shape index (κ3) is 5.83. The van der Waals surface area contributed by atoms with Crippen LogP contribution in [0, 0.1) is 17.0 Å². The maximum absolute atomic E-state index is 11.9. The number of hydrogen-bond acceptors (Lipinski definition) is 7. The number of anilines is 2. The van der Waals surface area contributed by atoms with Crippen molar-refractivity contribution in [1.29, 1.82) is 0 Å². The van der Waals surface area contributed by atoms with Crippen LogP contribution in [0.4, 0.5) is 22.0 Å². The Bertz CT molecular complexity index is 877. The largest absolute Gasteiger partial charge is 0.481 e. The Morgan fingerprint density at radius 3 is 2.57 bits per heavy atom. The number of pyridine rings is 1. The number of aromatic nitrogens is 1. The number of nitrogens with zero attached hydrogens (tertiary/aromatic N) is 2. The topological polar surface area (TPSA) is 116 Å². The zero-order valence-corrected chi connectivity index (χ0v) is 16.5. The normalized spacial score (nSPS) is 10.9. The number of carbonyl (C=O) groups is 1. The predicted molar refractivity (Wildman–Crippen MR) is 105 cm³/mol. The summed E-state index contributed by atoms with van der Waals surface area (Å²) in [4.78, 5) is 26.7. The van der Waals surface area contributed by atoms with Crippen molar-refractivity contribution in [2.45, 2.75) is 39.8 Å². The van der Waals surface area contributed by atoms with Gasteiger partial charge >= 0.3 is 11.8 Å². The molecule has 1 aromatic heterocycles. The van der Waals surface area contributed by atoms with E-state index in [0.29, 0.717) is 5.69 Å². The maximum atomic E-state index is 11.9. The number of ether oxygens (including phenoxy) is 2. The molecule has 0 aliphatic carbocycles. The third-order valence-corrected chi connectivity index (χ3v) is 3.69. The third-order valence-electron chi connectivity index (χ3n) is 3.69. The maximum Gasteiger partial charge on any atom is 0.407 e. The second kappa shape index (κ2) is 8.55. The lowest BCUT2D eigenvalue weighted by Crippen LogP contribution is -2.32. The van der Waals surface area contributed by atoms with Gasteiger partial charge in [-0.2, -0.15) is 4.98 Å². The standard InChI is InChI=1S/C19H24N4O5/c1-12-6-7-14(10-13(12)11-20-18(24)28-19(2,3)4)21-17-15(23(25)26)8-9-16(22-17)27-5/h6-10H,11H2,1-5H3,(H,20,24)(H,21,22). The van der Waals surface area contributed by atoms with E-state index in [1.54, 1.807) is 32.9 Å². The van der Waals surface area contributed by atoms with Crippen LogP contribution in [-0.2, 0) is 11.3 Å². The van der Waals surface area contributed by atoms with E-state index < -0.39 is 16.6 Å². The van der Waals surface area contributed by atoms with Crippen molar-refractivity contribution >= 4 is 23.3 Å². The van der Waals surface area contributed by atoms with Crippen LogP contribution in [0.3, 0.4) is 0 Å². The fourth-order valence-electron chi connectivity index (χ4n) is 2.34. The van der Waals surface area contributed by atoms with Gasteiger partial charge in [-0.05, 0) is 51.0 Å². The van der Waals surface area contributed by atoms with Gasteiger partial charge in [0.05, 0.1) is 12.0 Å². The fourth-order valence-corrected chi connectivity index (χ4v) is 2.34. The lowest BCUT2D eigenvalue weighted by Gasteiger charge is -2.20. The summed E-state index contributed by atoms with van der Waals surface area (Å²) in [5, 5.41) is 16.9. The van der Waals surface area contributed by atoms with E-state index in [-0.39, 0.29) is 23.9 Å². The highest BCUT2D eigenvalue weighted by Crippen LogP contribution is 2.28. The Balaban J connectivity index is 2.19. The van der Waals surface area contributed by atoms with Crippen LogP contribution in [0.15, 0.2) is 30.3 Å². The van der Waals surface area contributed by atoms with Crippen LogP contribution in [0.2, 0.25) is 0 Å². The first-order chi connectivity index (χ1) is 13.1. The Kier molecular flexibility index (Phi) is 6.40. The zero-order chi connectivity index (χ0) is 20.9. The summed E-state index contributed by atoms with van der Waals surface area (Å²) >= 11 is 0. The summed E-state index contributed by atoms with van der Waals surface area (Å²) in [5.41, 5.74) is 1.63. The summed E-state index contributed by atoms with van der Waals surface area (Å²) in [6, 6.07) is 8.16. The van der Waals surface area contributed by atoms with Crippen molar-refractivity contribution in [1.82, 2.24) is 10.3 Å². The SMILES string of the molecule is COc1ccc([N+](=O)[O-])c(Nc2ccc(C)c(CNC(=O)OC(C)(C)C)c2)n1. The molecule has 1 heterocycles. The number of alkyl carbamates (subject to hydrolysis) is 1. The van der Waals surface area contributed by atoms with Crippen molar-refractivity contribution in [3.05, 3.63) is 51.6 Å². The van der Waals surface area contributed by atoms with Gasteiger partial charge in [0.2, 0.25) is 11.7 Å². The van der Waals surface area contributed by atoms with E-state index in [1.807, 2.05) is 13.0 Å². The summed E-state index contributed by atoms with van der Waals surface area (Å²) < 4.78 is 10.3. The van der Waals surface area contributed by atoms with Gasteiger partial charge < -0.3 is 20.1 Å². The van der Waals surface area contributed by atoms with Gasteiger partial charge in [0.1, 0.15) is 5.60 Å². The molecule has 28 heavy (non-hydrogen) atoms. The van der Waals surface area contributed by atoms with Gasteiger partial charge in [-0.3, -0.25) is 10.1 Å². The predicted octanol–water partition coefficient (Wildman–Crippen LogP) is 4.08. The van der Waals surface area contributed by atoms with Crippen molar-refractivity contribution in [3.63, 3.8) is 0 Å². The molecule has 1 aromatic carbocycles. The number of amides is 1. The lowest BCUT2D eigenvalue weighted by molar-refractivity contribution is -0.384. The van der Waals surface area contributed by atoms with E-state index in [1.165, 1.54) is 19.2 Å². The molecule has 0 fully saturated rings. The molecule has 1 amide bonds. The fraction of sp³-hybridized carbons (Fsp3) is 0.368. The molecule has 9 heteroatoms. The smallest absolute Gasteiger partial charge is 0.407 e. The number of benzene rings is 1. The van der Waals surface area contributed by atoms with Crippen LogP contribution in [0.5, 0.6) is 5.88 Å². The molecule has 2 aromatic rings. The average Bonchev–Trinajstić information content (AvgIpc) is 2.60. The summed E-state index contributed by atoms with van der Waals surface area (Å²) in [5.74, 6) is 0.325.